The zero-order valence-corrected chi connectivity index (χ0v) is 8.74. The van der Waals surface area contributed by atoms with Crippen LogP contribution in [-0.2, 0) is 4.79 Å². The summed E-state index contributed by atoms with van der Waals surface area (Å²) in [6, 6.07) is 0.422. The molecule has 3 N–H and O–H groups in total. The van der Waals surface area contributed by atoms with E-state index in [4.69, 9.17) is 10.8 Å². The fourth-order valence-corrected chi connectivity index (χ4v) is 2.19. The fourth-order valence-electron chi connectivity index (χ4n) is 2.19. The third-order valence-corrected chi connectivity index (χ3v) is 3.14. The number of unbranched alkanes of at least 4 members (excludes halogenated alkanes) is 1. The molecule has 1 aliphatic rings. The number of hydrogen-bond donors (Lipinski definition) is 2. The van der Waals surface area contributed by atoms with Gasteiger partial charge in [-0.2, -0.15) is 0 Å². The van der Waals surface area contributed by atoms with Crippen LogP contribution < -0.4 is 5.73 Å². The lowest BCUT2D eigenvalue weighted by Gasteiger charge is -2.25. The summed E-state index contributed by atoms with van der Waals surface area (Å²) < 4.78 is 0. The summed E-state index contributed by atoms with van der Waals surface area (Å²) in [4.78, 5) is 10.3. The highest BCUT2D eigenvalue weighted by atomic mass is 16.4. The van der Waals surface area contributed by atoms with Crippen LogP contribution in [0.2, 0.25) is 0 Å². The molecule has 82 valence electrons. The van der Waals surface area contributed by atoms with E-state index < -0.39 is 5.97 Å². The van der Waals surface area contributed by atoms with Crippen molar-refractivity contribution in [3.05, 3.63) is 0 Å². The van der Waals surface area contributed by atoms with Crippen molar-refractivity contribution >= 4 is 5.97 Å². The molecule has 14 heavy (non-hydrogen) atoms. The van der Waals surface area contributed by atoms with Crippen molar-refractivity contribution in [2.75, 3.05) is 0 Å². The van der Waals surface area contributed by atoms with Crippen molar-refractivity contribution in [2.45, 2.75) is 57.4 Å². The maximum absolute atomic E-state index is 10.3. The van der Waals surface area contributed by atoms with E-state index in [1.807, 2.05) is 0 Å². The van der Waals surface area contributed by atoms with Gasteiger partial charge in [-0.05, 0) is 38.0 Å². The molecule has 1 fully saturated rings. The van der Waals surface area contributed by atoms with Crippen LogP contribution in [0.5, 0.6) is 0 Å². The second kappa shape index (κ2) is 6.02. The molecule has 1 rings (SSSR count). The van der Waals surface area contributed by atoms with Gasteiger partial charge in [0.15, 0.2) is 0 Å². The topological polar surface area (TPSA) is 63.3 Å². The fraction of sp³-hybridized carbons (Fsp3) is 0.909. The highest BCUT2D eigenvalue weighted by molar-refractivity contribution is 5.66. The summed E-state index contributed by atoms with van der Waals surface area (Å²) in [5, 5.41) is 8.47. The van der Waals surface area contributed by atoms with Crippen molar-refractivity contribution in [2.24, 2.45) is 11.7 Å². The average Bonchev–Trinajstić information content (AvgIpc) is 2.15. The molecule has 1 saturated carbocycles. The summed E-state index contributed by atoms with van der Waals surface area (Å²) in [5.41, 5.74) is 5.81. The summed E-state index contributed by atoms with van der Waals surface area (Å²) in [5.74, 6) is 0.138. The van der Waals surface area contributed by atoms with Crippen molar-refractivity contribution in [3.8, 4) is 0 Å². The van der Waals surface area contributed by atoms with Crippen molar-refractivity contribution < 1.29 is 9.90 Å². The van der Waals surface area contributed by atoms with Crippen LogP contribution in [0.25, 0.3) is 0 Å². The predicted molar refractivity (Wildman–Crippen MR) is 56.0 cm³/mol. The van der Waals surface area contributed by atoms with Gasteiger partial charge in [-0.1, -0.05) is 12.8 Å². The van der Waals surface area contributed by atoms with Gasteiger partial charge in [0.1, 0.15) is 0 Å². The second-order valence-electron chi connectivity index (χ2n) is 4.42. The standard InChI is InChI=1S/C11H21NO2/c12-10-7-5-9(6-8-10)3-1-2-4-11(13)14/h9-10H,1-8,12H2,(H,13,14). The highest BCUT2D eigenvalue weighted by Crippen LogP contribution is 2.27. The molecule has 1 aliphatic carbocycles. The zero-order valence-electron chi connectivity index (χ0n) is 8.74. The summed E-state index contributed by atoms with van der Waals surface area (Å²) in [6.07, 6.45) is 8.21. The Bertz CT molecular complexity index is 174. The number of nitrogens with two attached hydrogens (primary N) is 1. The Morgan fingerprint density at radius 1 is 1.21 bits per heavy atom. The first kappa shape index (κ1) is 11.5. The number of hydrogen-bond acceptors (Lipinski definition) is 2. The maximum atomic E-state index is 10.3. The number of carbonyl (C=O) groups is 1. The Morgan fingerprint density at radius 3 is 2.43 bits per heavy atom. The van der Waals surface area contributed by atoms with Crippen molar-refractivity contribution in [3.63, 3.8) is 0 Å². The van der Waals surface area contributed by atoms with Crippen LogP contribution in [0.3, 0.4) is 0 Å². The zero-order chi connectivity index (χ0) is 10.4. The normalized spacial score (nSPS) is 27.5. The number of aliphatic carboxylic acids is 1. The first-order valence-electron chi connectivity index (χ1n) is 5.66. The van der Waals surface area contributed by atoms with E-state index in [2.05, 4.69) is 0 Å². The molecule has 3 nitrogen and oxygen atoms in total. The maximum Gasteiger partial charge on any atom is 0.303 e. The Hall–Kier alpha value is -0.570. The number of carboxylic acids is 1. The smallest absolute Gasteiger partial charge is 0.303 e. The molecular formula is C11H21NO2. The van der Waals surface area contributed by atoms with Crippen LogP contribution in [0.4, 0.5) is 0 Å². The highest BCUT2D eigenvalue weighted by Gasteiger charge is 2.17. The van der Waals surface area contributed by atoms with Gasteiger partial charge in [-0.25, -0.2) is 0 Å². The Morgan fingerprint density at radius 2 is 1.86 bits per heavy atom. The monoisotopic (exact) mass is 199 g/mol. The number of rotatable bonds is 5. The third-order valence-electron chi connectivity index (χ3n) is 3.14. The molecule has 0 amide bonds. The molecule has 0 aromatic carbocycles. The summed E-state index contributed by atoms with van der Waals surface area (Å²) in [7, 11) is 0. The lowest BCUT2D eigenvalue weighted by Crippen LogP contribution is -2.26. The summed E-state index contributed by atoms with van der Waals surface area (Å²) in [6.45, 7) is 0. The molecule has 0 saturated heterocycles. The molecule has 0 bridgehead atoms. The van der Waals surface area contributed by atoms with Gasteiger partial charge in [0.25, 0.3) is 0 Å². The van der Waals surface area contributed by atoms with E-state index in [0.717, 1.165) is 31.6 Å². The molecule has 0 aromatic rings. The minimum atomic E-state index is -0.671. The van der Waals surface area contributed by atoms with Gasteiger partial charge in [0, 0.05) is 12.5 Å². The first-order chi connectivity index (χ1) is 6.68. The molecule has 3 heteroatoms. The Balaban J connectivity index is 1.99. The predicted octanol–water partition coefficient (Wildman–Crippen LogP) is 2.15. The van der Waals surface area contributed by atoms with Crippen molar-refractivity contribution in [1.29, 1.82) is 0 Å². The average molecular weight is 199 g/mol. The molecule has 0 atom stereocenters. The van der Waals surface area contributed by atoms with E-state index in [-0.39, 0.29) is 0 Å². The molecule has 0 aromatic heterocycles. The van der Waals surface area contributed by atoms with E-state index in [0.29, 0.717) is 12.5 Å². The minimum Gasteiger partial charge on any atom is -0.481 e. The van der Waals surface area contributed by atoms with Crippen LogP contribution in [0.15, 0.2) is 0 Å². The third kappa shape index (κ3) is 4.61. The molecule has 0 spiro atoms. The van der Waals surface area contributed by atoms with Gasteiger partial charge < -0.3 is 10.8 Å². The Labute approximate surface area is 85.7 Å². The lowest BCUT2D eigenvalue weighted by molar-refractivity contribution is -0.137. The summed E-state index contributed by atoms with van der Waals surface area (Å²) >= 11 is 0. The van der Waals surface area contributed by atoms with E-state index >= 15 is 0 Å². The van der Waals surface area contributed by atoms with Gasteiger partial charge in [-0.15, -0.1) is 0 Å². The SMILES string of the molecule is NC1CCC(CCCCC(=O)O)CC1. The number of carboxylic acid groups (broad SMARTS) is 1. The van der Waals surface area contributed by atoms with E-state index in [1.165, 1.54) is 19.3 Å². The van der Waals surface area contributed by atoms with Gasteiger partial charge >= 0.3 is 5.97 Å². The molecule has 0 heterocycles. The van der Waals surface area contributed by atoms with Crippen LogP contribution in [0.1, 0.15) is 51.4 Å². The van der Waals surface area contributed by atoms with E-state index in [9.17, 15) is 4.79 Å². The van der Waals surface area contributed by atoms with Gasteiger partial charge in [0.05, 0.1) is 0 Å². The van der Waals surface area contributed by atoms with E-state index in [1.54, 1.807) is 0 Å². The molecular weight excluding hydrogens is 178 g/mol. The van der Waals surface area contributed by atoms with Gasteiger partial charge in [0.2, 0.25) is 0 Å². The minimum absolute atomic E-state index is 0.326. The molecule has 0 unspecified atom stereocenters. The van der Waals surface area contributed by atoms with Crippen LogP contribution >= 0.6 is 0 Å². The largest absolute Gasteiger partial charge is 0.481 e. The van der Waals surface area contributed by atoms with Crippen LogP contribution in [0, 0.1) is 5.92 Å². The lowest BCUT2D eigenvalue weighted by atomic mass is 9.83. The van der Waals surface area contributed by atoms with Crippen molar-refractivity contribution in [1.82, 2.24) is 0 Å². The van der Waals surface area contributed by atoms with Crippen LogP contribution in [-0.4, -0.2) is 17.1 Å². The first-order valence-corrected chi connectivity index (χ1v) is 5.66. The quantitative estimate of drug-likeness (QED) is 0.667. The second-order valence-corrected chi connectivity index (χ2v) is 4.42. The molecule has 0 aliphatic heterocycles. The van der Waals surface area contributed by atoms with Gasteiger partial charge in [-0.3, -0.25) is 4.79 Å². The molecule has 0 radical (unpaired) electrons. The Kier molecular flexibility index (Phi) is 4.94.